The van der Waals surface area contributed by atoms with Gasteiger partial charge in [-0.25, -0.2) is 0 Å². The quantitative estimate of drug-likeness (QED) is 0.310. The van der Waals surface area contributed by atoms with Crippen molar-refractivity contribution in [2.45, 2.75) is 77.3 Å². The van der Waals surface area contributed by atoms with E-state index in [9.17, 15) is 9.59 Å². The molecule has 9 heteroatoms. The highest BCUT2D eigenvalue weighted by Gasteiger charge is 2.63. The Bertz CT molecular complexity index is 1060. The van der Waals surface area contributed by atoms with Gasteiger partial charge in [-0.3, -0.25) is 19.8 Å². The van der Waals surface area contributed by atoms with Gasteiger partial charge < -0.3 is 20.9 Å². The Morgan fingerprint density at radius 1 is 1.08 bits per heavy atom. The van der Waals surface area contributed by atoms with E-state index in [4.69, 9.17) is 17.0 Å². The normalized spacial score (nSPS) is 31.3. The molecule has 2 saturated heterocycles. The average molecular weight is 544 g/mol. The standard InChI is InChI=1S/C29H42ClN5O3/c1-18(2)25(37)35(23-11-5-19(3)6-12-23)28(13-14-32-16-28)26(38)29(27(31)34-20(4)36)17-33-15-24(29)21-7-9-22(30)10-8-21/h7-10,18-19,23-24,32-33H,5-6,11-17H2,1-4H3,(H2,31,34,36)/t19?,23?,24-,28+,29+/m1/s1. The first-order valence-corrected chi connectivity index (χ1v) is 14.3. The molecule has 2 heterocycles. The number of rotatable bonds is 7. The predicted molar refractivity (Wildman–Crippen MR) is 149 cm³/mol. The minimum absolute atomic E-state index is 0.0168. The van der Waals surface area contributed by atoms with Gasteiger partial charge in [0, 0.05) is 49.5 Å². The maximum absolute atomic E-state index is 15.2. The number of benzene rings is 1. The highest BCUT2D eigenvalue weighted by Crippen LogP contribution is 2.47. The lowest BCUT2D eigenvalue weighted by Crippen LogP contribution is -2.69. The maximum Gasteiger partial charge on any atom is 0.226 e. The number of hydrogen-bond donors (Lipinski definition) is 4. The van der Waals surface area contributed by atoms with Crippen molar-refractivity contribution in [3.63, 3.8) is 0 Å². The summed E-state index contributed by atoms with van der Waals surface area (Å²) in [6.45, 7) is 9.03. The van der Waals surface area contributed by atoms with E-state index < -0.39 is 16.9 Å². The smallest absolute Gasteiger partial charge is 0.226 e. The number of nitrogens with zero attached hydrogens (tertiary/aromatic N) is 1. The summed E-state index contributed by atoms with van der Waals surface area (Å²) in [5.74, 6) is -0.740. The largest absolute Gasteiger partial charge is 0.325 e. The second-order valence-electron chi connectivity index (χ2n) is 11.8. The van der Waals surface area contributed by atoms with Crippen molar-refractivity contribution < 1.29 is 14.4 Å². The third kappa shape index (κ3) is 5.15. The fourth-order valence-electron chi connectivity index (χ4n) is 6.83. The van der Waals surface area contributed by atoms with Gasteiger partial charge in [-0.15, -0.1) is 0 Å². The van der Waals surface area contributed by atoms with E-state index in [1.54, 1.807) is 12.1 Å². The summed E-state index contributed by atoms with van der Waals surface area (Å²) in [4.78, 5) is 43.3. The zero-order valence-electron chi connectivity index (χ0n) is 23.0. The van der Waals surface area contributed by atoms with Gasteiger partial charge in [-0.2, -0.15) is 0 Å². The van der Waals surface area contributed by atoms with Crippen LogP contribution in [0.25, 0.3) is 0 Å². The summed E-state index contributed by atoms with van der Waals surface area (Å²) in [6, 6.07) is 7.33. The molecule has 2 amide bonds. The molecule has 1 saturated carbocycles. The van der Waals surface area contributed by atoms with E-state index in [1.165, 1.54) is 6.92 Å². The number of Topliss-reactive ketones (excluding diaryl/α,β-unsaturated/α-hetero) is 1. The molecular formula is C29H42ClN5O3. The second-order valence-corrected chi connectivity index (χ2v) is 12.3. The van der Waals surface area contributed by atoms with Gasteiger partial charge in [0.25, 0.3) is 0 Å². The van der Waals surface area contributed by atoms with Crippen LogP contribution >= 0.6 is 11.6 Å². The Hall–Kier alpha value is -2.29. The van der Waals surface area contributed by atoms with Gasteiger partial charge in [0.05, 0.1) is 0 Å². The average Bonchev–Trinajstić information content (AvgIpc) is 3.54. The molecule has 0 radical (unpaired) electrons. The summed E-state index contributed by atoms with van der Waals surface area (Å²) in [5.41, 5.74) is -1.57. The monoisotopic (exact) mass is 543 g/mol. The van der Waals surface area contributed by atoms with Crippen molar-refractivity contribution in [1.82, 2.24) is 20.9 Å². The number of carbonyl (C=O) groups is 3. The Labute approximate surface area is 231 Å². The maximum atomic E-state index is 15.2. The van der Waals surface area contributed by atoms with Crippen LogP contribution < -0.4 is 16.0 Å². The van der Waals surface area contributed by atoms with Crippen LogP contribution in [-0.4, -0.2) is 66.1 Å². The number of ketones is 1. The van der Waals surface area contributed by atoms with Crippen molar-refractivity contribution in [2.75, 3.05) is 26.2 Å². The Morgan fingerprint density at radius 3 is 2.29 bits per heavy atom. The molecule has 0 bridgehead atoms. The van der Waals surface area contributed by atoms with Crippen LogP contribution in [-0.2, 0) is 14.4 Å². The van der Waals surface area contributed by atoms with E-state index in [0.717, 1.165) is 31.2 Å². The summed E-state index contributed by atoms with van der Waals surface area (Å²) < 4.78 is 0. The van der Waals surface area contributed by atoms with Crippen LogP contribution in [0.4, 0.5) is 0 Å². The van der Waals surface area contributed by atoms with Crippen molar-refractivity contribution in [3.8, 4) is 0 Å². The molecule has 4 N–H and O–H groups in total. The molecule has 3 aliphatic rings. The molecule has 4 rings (SSSR count). The van der Waals surface area contributed by atoms with Gasteiger partial charge in [0.2, 0.25) is 11.8 Å². The molecule has 0 spiro atoms. The van der Waals surface area contributed by atoms with Crippen LogP contribution in [0.3, 0.4) is 0 Å². The zero-order valence-corrected chi connectivity index (χ0v) is 23.8. The van der Waals surface area contributed by atoms with E-state index in [2.05, 4.69) is 22.9 Å². The minimum atomic E-state index is -1.34. The summed E-state index contributed by atoms with van der Waals surface area (Å²) in [6.07, 6.45) is 4.25. The lowest BCUT2D eigenvalue weighted by atomic mass is 9.64. The molecule has 2 aliphatic heterocycles. The zero-order chi connectivity index (χ0) is 27.7. The number of halogens is 1. The third-order valence-electron chi connectivity index (χ3n) is 8.87. The van der Waals surface area contributed by atoms with Gasteiger partial charge in [-0.05, 0) is 62.3 Å². The minimum Gasteiger partial charge on any atom is -0.325 e. The van der Waals surface area contributed by atoms with Crippen LogP contribution in [0.1, 0.15) is 71.3 Å². The molecule has 1 aromatic carbocycles. The molecule has 1 aliphatic carbocycles. The summed E-state index contributed by atoms with van der Waals surface area (Å²) in [7, 11) is 0. The van der Waals surface area contributed by atoms with E-state index in [1.807, 2.05) is 30.9 Å². The van der Waals surface area contributed by atoms with Crippen molar-refractivity contribution in [1.29, 1.82) is 5.41 Å². The van der Waals surface area contributed by atoms with Crippen LogP contribution in [0.5, 0.6) is 0 Å². The van der Waals surface area contributed by atoms with Gasteiger partial charge in [0.1, 0.15) is 16.8 Å². The molecule has 8 nitrogen and oxygen atoms in total. The van der Waals surface area contributed by atoms with Gasteiger partial charge >= 0.3 is 0 Å². The molecule has 208 valence electrons. The summed E-state index contributed by atoms with van der Waals surface area (Å²) >= 11 is 6.18. The van der Waals surface area contributed by atoms with Gasteiger partial charge in [-0.1, -0.05) is 44.5 Å². The first-order chi connectivity index (χ1) is 18.0. The highest BCUT2D eigenvalue weighted by atomic mass is 35.5. The second kappa shape index (κ2) is 11.4. The number of nitrogens with one attached hydrogen (secondary N) is 4. The molecule has 3 fully saturated rings. The summed E-state index contributed by atoms with van der Waals surface area (Å²) in [5, 5.41) is 19.1. The fourth-order valence-corrected chi connectivity index (χ4v) is 6.96. The topological polar surface area (TPSA) is 114 Å². The Kier molecular flexibility index (Phi) is 8.65. The van der Waals surface area contributed by atoms with Crippen molar-refractivity contribution in [2.24, 2.45) is 17.3 Å². The number of amidine groups is 1. The third-order valence-corrected chi connectivity index (χ3v) is 9.12. The predicted octanol–water partition coefficient (Wildman–Crippen LogP) is 3.49. The highest BCUT2D eigenvalue weighted by molar-refractivity contribution is 6.30. The Balaban J connectivity index is 1.86. The first kappa shape index (κ1) is 28.7. The van der Waals surface area contributed by atoms with Crippen LogP contribution in [0, 0.1) is 22.7 Å². The van der Waals surface area contributed by atoms with Crippen LogP contribution in [0.15, 0.2) is 24.3 Å². The SMILES string of the molecule is CC(=O)NC(=N)[C@@]1(C(=O)[C@]2(N(C(=O)C(C)C)C3CCC(C)CC3)CCNC2)CNC[C@@H]1c1ccc(Cl)cc1. The van der Waals surface area contributed by atoms with Crippen molar-refractivity contribution >= 4 is 35.0 Å². The molecule has 38 heavy (non-hydrogen) atoms. The Morgan fingerprint density at radius 2 is 1.74 bits per heavy atom. The lowest BCUT2D eigenvalue weighted by Gasteiger charge is -2.50. The van der Waals surface area contributed by atoms with E-state index >= 15 is 4.79 Å². The lowest BCUT2D eigenvalue weighted by molar-refractivity contribution is -0.156. The fraction of sp³-hybridized carbons (Fsp3) is 0.655. The van der Waals surface area contributed by atoms with Crippen LogP contribution in [0.2, 0.25) is 5.02 Å². The molecule has 0 unspecified atom stereocenters. The van der Waals surface area contributed by atoms with Gasteiger partial charge in [0.15, 0.2) is 5.78 Å². The molecular weight excluding hydrogens is 502 g/mol. The number of hydrogen-bond acceptors (Lipinski definition) is 6. The number of amides is 2. The first-order valence-electron chi connectivity index (χ1n) is 13.9. The molecule has 3 atom stereocenters. The molecule has 0 aromatic heterocycles. The van der Waals surface area contributed by atoms with E-state index in [-0.39, 0.29) is 41.9 Å². The van der Waals surface area contributed by atoms with E-state index in [0.29, 0.717) is 37.0 Å². The molecule has 1 aromatic rings. The van der Waals surface area contributed by atoms with Crippen molar-refractivity contribution in [3.05, 3.63) is 34.9 Å². The number of carbonyl (C=O) groups excluding carboxylic acids is 3.